The van der Waals surface area contributed by atoms with E-state index in [0.717, 1.165) is 12.8 Å². The van der Waals surface area contributed by atoms with Crippen molar-refractivity contribution in [3.63, 3.8) is 0 Å². The summed E-state index contributed by atoms with van der Waals surface area (Å²) in [5.74, 6) is -0.209. The highest BCUT2D eigenvalue weighted by atomic mass is 35.5. The summed E-state index contributed by atoms with van der Waals surface area (Å²) in [6.07, 6.45) is 6.43. The molecule has 2 atom stereocenters. The number of carbonyl (C=O) groups excluding carboxylic acids is 2. The second-order valence-corrected chi connectivity index (χ2v) is 7.63. The number of esters is 1. The van der Waals surface area contributed by atoms with Crippen LogP contribution in [0.2, 0.25) is 10.0 Å². The van der Waals surface area contributed by atoms with Crippen molar-refractivity contribution in [2.24, 2.45) is 5.92 Å². The number of benzene rings is 1. The number of amides is 1. The van der Waals surface area contributed by atoms with Crippen molar-refractivity contribution >= 4 is 40.8 Å². The summed E-state index contributed by atoms with van der Waals surface area (Å²) in [4.78, 5) is 24.6. The van der Waals surface area contributed by atoms with E-state index in [1.54, 1.807) is 25.1 Å². The molecule has 7 heteroatoms. The molecule has 26 heavy (non-hydrogen) atoms. The molecule has 1 aromatic rings. The molecule has 2 N–H and O–H groups in total. The lowest BCUT2D eigenvalue weighted by Gasteiger charge is -2.26. The molecule has 0 unspecified atom stereocenters. The quantitative estimate of drug-likeness (QED) is 0.664. The maximum atomic E-state index is 12.5. The Hall–Kier alpha value is -1.46. The lowest BCUT2D eigenvalue weighted by molar-refractivity contribution is -0.145. The van der Waals surface area contributed by atoms with Gasteiger partial charge in [0.2, 0.25) is 5.91 Å². The van der Waals surface area contributed by atoms with Gasteiger partial charge in [0.1, 0.15) is 12.1 Å². The van der Waals surface area contributed by atoms with Gasteiger partial charge in [-0.25, -0.2) is 4.79 Å². The Labute approximate surface area is 164 Å². The molecule has 0 radical (unpaired) electrons. The SMILES string of the molecule is COC(=O)[C@H](CC1CCCCC1)NC(=O)[C@H](C)Nc1ccc(Cl)c(Cl)c1. The molecule has 1 saturated carbocycles. The van der Waals surface area contributed by atoms with Gasteiger partial charge in [0.15, 0.2) is 0 Å². The van der Waals surface area contributed by atoms with E-state index in [2.05, 4.69) is 10.6 Å². The topological polar surface area (TPSA) is 67.4 Å². The molecule has 144 valence electrons. The van der Waals surface area contributed by atoms with E-state index in [1.165, 1.54) is 26.4 Å². The number of halogens is 2. The number of nitrogens with one attached hydrogen (secondary N) is 2. The van der Waals surface area contributed by atoms with Crippen molar-refractivity contribution in [2.75, 3.05) is 12.4 Å². The van der Waals surface area contributed by atoms with E-state index in [1.807, 2.05) is 0 Å². The zero-order chi connectivity index (χ0) is 19.1. The van der Waals surface area contributed by atoms with Crippen LogP contribution in [0.5, 0.6) is 0 Å². The summed E-state index contributed by atoms with van der Waals surface area (Å²) in [5.41, 5.74) is 0.684. The summed E-state index contributed by atoms with van der Waals surface area (Å²) in [7, 11) is 1.35. The van der Waals surface area contributed by atoms with E-state index >= 15 is 0 Å². The third-order valence-corrected chi connectivity index (χ3v) is 5.53. The first kappa shape index (κ1) is 20.8. The van der Waals surface area contributed by atoms with Crippen LogP contribution in [0.25, 0.3) is 0 Å². The predicted octanol–water partition coefficient (Wildman–Crippen LogP) is 4.42. The summed E-state index contributed by atoms with van der Waals surface area (Å²) < 4.78 is 4.88. The van der Waals surface area contributed by atoms with E-state index < -0.39 is 18.1 Å². The van der Waals surface area contributed by atoms with Gasteiger partial charge >= 0.3 is 5.97 Å². The first-order chi connectivity index (χ1) is 12.4. The molecule has 0 spiro atoms. The van der Waals surface area contributed by atoms with E-state index in [-0.39, 0.29) is 5.91 Å². The second kappa shape index (κ2) is 10.0. The summed E-state index contributed by atoms with van der Waals surface area (Å²) in [6, 6.07) is 3.92. The maximum absolute atomic E-state index is 12.5. The van der Waals surface area contributed by atoms with Crippen LogP contribution >= 0.6 is 23.2 Å². The van der Waals surface area contributed by atoms with Gasteiger partial charge in [0.05, 0.1) is 17.2 Å². The number of hydrogen-bond acceptors (Lipinski definition) is 4. The molecular weight excluding hydrogens is 375 g/mol. The Balaban J connectivity index is 1.95. The largest absolute Gasteiger partial charge is 0.467 e. The smallest absolute Gasteiger partial charge is 0.328 e. The van der Waals surface area contributed by atoms with Gasteiger partial charge in [-0.15, -0.1) is 0 Å². The highest BCUT2D eigenvalue weighted by molar-refractivity contribution is 6.42. The molecule has 0 aromatic heterocycles. The van der Waals surface area contributed by atoms with Crippen LogP contribution in [0.15, 0.2) is 18.2 Å². The molecule has 1 aliphatic rings. The van der Waals surface area contributed by atoms with Crippen molar-refractivity contribution in [2.45, 2.75) is 57.5 Å². The third-order valence-electron chi connectivity index (χ3n) is 4.79. The van der Waals surface area contributed by atoms with Crippen molar-refractivity contribution < 1.29 is 14.3 Å². The molecule has 1 aromatic carbocycles. The Morgan fingerprint density at radius 2 is 1.88 bits per heavy atom. The van der Waals surface area contributed by atoms with E-state index in [0.29, 0.717) is 28.1 Å². The highest BCUT2D eigenvalue weighted by Crippen LogP contribution is 2.28. The zero-order valence-electron chi connectivity index (χ0n) is 15.2. The normalized spacial score (nSPS) is 17.2. The van der Waals surface area contributed by atoms with Gasteiger partial charge in [-0.1, -0.05) is 55.3 Å². The van der Waals surface area contributed by atoms with Crippen LogP contribution in [0.4, 0.5) is 5.69 Å². The molecule has 1 aliphatic carbocycles. The van der Waals surface area contributed by atoms with Crippen LogP contribution in [-0.2, 0) is 14.3 Å². The lowest BCUT2D eigenvalue weighted by atomic mass is 9.85. The Morgan fingerprint density at radius 1 is 1.19 bits per heavy atom. The molecule has 2 rings (SSSR count). The molecule has 0 heterocycles. The molecule has 1 fully saturated rings. The fourth-order valence-corrected chi connectivity index (χ4v) is 3.61. The monoisotopic (exact) mass is 400 g/mol. The zero-order valence-corrected chi connectivity index (χ0v) is 16.7. The average Bonchev–Trinajstić information content (AvgIpc) is 2.64. The van der Waals surface area contributed by atoms with Crippen molar-refractivity contribution in [1.29, 1.82) is 0 Å². The molecule has 0 bridgehead atoms. The standard InChI is InChI=1S/C19H26Cl2N2O3/c1-12(22-14-8-9-15(20)16(21)11-14)18(24)23-17(19(25)26-2)10-13-6-4-3-5-7-13/h8-9,11-13,17,22H,3-7,10H2,1-2H3,(H,23,24)/t12-,17-/m0/s1. The first-order valence-corrected chi connectivity index (χ1v) is 9.76. The van der Waals surface area contributed by atoms with Crippen molar-refractivity contribution in [3.8, 4) is 0 Å². The number of hydrogen-bond donors (Lipinski definition) is 2. The minimum absolute atomic E-state index is 0.262. The highest BCUT2D eigenvalue weighted by Gasteiger charge is 2.28. The average molecular weight is 401 g/mol. The molecule has 0 saturated heterocycles. The fourth-order valence-electron chi connectivity index (χ4n) is 3.31. The van der Waals surface area contributed by atoms with Crippen molar-refractivity contribution in [3.05, 3.63) is 28.2 Å². The third kappa shape index (κ3) is 6.06. The minimum atomic E-state index is -0.617. The first-order valence-electron chi connectivity index (χ1n) is 9.00. The Morgan fingerprint density at radius 3 is 2.50 bits per heavy atom. The number of carbonyl (C=O) groups is 2. The van der Waals surface area contributed by atoms with Crippen LogP contribution in [0.1, 0.15) is 45.4 Å². The number of ether oxygens (including phenoxy) is 1. The predicted molar refractivity (Wildman–Crippen MR) is 105 cm³/mol. The van der Waals surface area contributed by atoms with Crippen LogP contribution in [0.3, 0.4) is 0 Å². The Bertz CT molecular complexity index is 633. The number of anilines is 1. The summed E-state index contributed by atoms with van der Waals surface area (Å²) >= 11 is 11.9. The number of methoxy groups -OCH3 is 1. The lowest BCUT2D eigenvalue weighted by Crippen LogP contribution is -2.48. The van der Waals surface area contributed by atoms with Crippen LogP contribution < -0.4 is 10.6 Å². The maximum Gasteiger partial charge on any atom is 0.328 e. The van der Waals surface area contributed by atoms with Gasteiger partial charge in [-0.3, -0.25) is 4.79 Å². The van der Waals surface area contributed by atoms with Crippen LogP contribution in [0, 0.1) is 5.92 Å². The second-order valence-electron chi connectivity index (χ2n) is 6.82. The molecule has 0 aliphatic heterocycles. The Kier molecular flexibility index (Phi) is 8.04. The van der Waals surface area contributed by atoms with Crippen molar-refractivity contribution in [1.82, 2.24) is 5.32 Å². The van der Waals surface area contributed by atoms with Gasteiger partial charge in [-0.2, -0.15) is 0 Å². The molecule has 5 nitrogen and oxygen atoms in total. The fraction of sp³-hybridized carbons (Fsp3) is 0.579. The minimum Gasteiger partial charge on any atom is -0.467 e. The number of rotatable bonds is 7. The van der Waals surface area contributed by atoms with Crippen LogP contribution in [-0.4, -0.2) is 31.1 Å². The van der Waals surface area contributed by atoms with Gasteiger partial charge in [-0.05, 0) is 37.5 Å². The van der Waals surface area contributed by atoms with Gasteiger partial charge < -0.3 is 15.4 Å². The summed E-state index contributed by atoms with van der Waals surface area (Å²) in [5, 5.41) is 6.76. The van der Waals surface area contributed by atoms with E-state index in [4.69, 9.17) is 27.9 Å². The van der Waals surface area contributed by atoms with Gasteiger partial charge in [0.25, 0.3) is 0 Å². The van der Waals surface area contributed by atoms with E-state index in [9.17, 15) is 9.59 Å². The summed E-state index contributed by atoms with van der Waals surface area (Å²) in [6.45, 7) is 1.73. The molecule has 1 amide bonds. The molecular formula is C19H26Cl2N2O3. The van der Waals surface area contributed by atoms with Gasteiger partial charge in [0, 0.05) is 5.69 Å².